The first kappa shape index (κ1) is 33.9. The van der Waals surface area contributed by atoms with Crippen LogP contribution in [0.15, 0.2) is 18.5 Å². The van der Waals surface area contributed by atoms with Crippen molar-refractivity contribution >= 4 is 23.4 Å². The third-order valence-electron chi connectivity index (χ3n) is 9.63. The van der Waals surface area contributed by atoms with E-state index in [9.17, 15) is 40.3 Å². The molecular weight excluding hydrogens is 651 g/mol. The van der Waals surface area contributed by atoms with Crippen molar-refractivity contribution in [3.8, 4) is 0 Å². The number of fused-ring (bicyclic) bond motifs is 1. The van der Waals surface area contributed by atoms with Crippen LogP contribution in [0.5, 0.6) is 0 Å². The first-order valence-electron chi connectivity index (χ1n) is 16.1. The van der Waals surface area contributed by atoms with Crippen LogP contribution < -0.4 is 15.5 Å². The molecule has 0 spiro atoms. The number of rotatable bonds is 8. The Bertz CT molecular complexity index is 1640. The molecule has 1 aliphatic carbocycles. The second-order valence-electron chi connectivity index (χ2n) is 12.9. The zero-order valence-electron chi connectivity index (χ0n) is 26.1. The maximum Gasteiger partial charge on any atom is 0.393 e. The predicted octanol–water partition coefficient (Wildman–Crippen LogP) is 4.73. The van der Waals surface area contributed by atoms with Crippen molar-refractivity contribution in [2.45, 2.75) is 88.9 Å². The van der Waals surface area contributed by atoms with Gasteiger partial charge in [0.15, 0.2) is 5.82 Å². The predicted molar refractivity (Wildman–Crippen MR) is 157 cm³/mol. The molecule has 0 bridgehead atoms. The number of nitrogens with one attached hydrogen (secondary N) is 2. The topological polar surface area (TPSA) is 122 Å². The molecule has 0 aromatic carbocycles. The number of carbonyl (C=O) groups excluding carboxylic acids is 2. The van der Waals surface area contributed by atoms with Gasteiger partial charge in [0.1, 0.15) is 11.4 Å². The van der Waals surface area contributed by atoms with Crippen molar-refractivity contribution in [1.29, 1.82) is 0 Å². The minimum Gasteiger partial charge on any atom is -0.355 e. The highest BCUT2D eigenvalue weighted by molar-refractivity contribution is 5.92. The molecule has 48 heavy (non-hydrogen) atoms. The lowest BCUT2D eigenvalue weighted by atomic mass is 9.81. The summed E-state index contributed by atoms with van der Waals surface area (Å²) in [5, 5.41) is 14.0. The van der Waals surface area contributed by atoms with E-state index < -0.39 is 79.4 Å². The Kier molecular flexibility index (Phi) is 9.04. The van der Waals surface area contributed by atoms with Crippen LogP contribution in [-0.4, -0.2) is 78.8 Å². The quantitative estimate of drug-likeness (QED) is 0.329. The van der Waals surface area contributed by atoms with Gasteiger partial charge in [0.2, 0.25) is 11.8 Å². The number of alkyl halides is 7. The van der Waals surface area contributed by atoms with E-state index in [-0.39, 0.29) is 73.9 Å². The molecule has 3 aliphatic rings. The average molecular weight is 688 g/mol. The average Bonchev–Trinajstić information content (AvgIpc) is 3.67. The summed E-state index contributed by atoms with van der Waals surface area (Å²) >= 11 is 0. The molecule has 5 heterocycles. The summed E-state index contributed by atoms with van der Waals surface area (Å²) < 4.78 is 99.9. The molecule has 3 unspecified atom stereocenters. The summed E-state index contributed by atoms with van der Waals surface area (Å²) in [7, 11) is 0. The fourth-order valence-electron chi connectivity index (χ4n) is 6.83. The summed E-state index contributed by atoms with van der Waals surface area (Å²) in [5.74, 6) is -9.95. The molecule has 3 aromatic heterocycles. The fraction of sp³-hybridized carbons (Fsp3) is 0.667. The Labute approximate surface area is 270 Å². The van der Waals surface area contributed by atoms with Crippen molar-refractivity contribution in [2.75, 3.05) is 24.5 Å². The lowest BCUT2D eigenvalue weighted by molar-refractivity contribution is -0.183. The highest BCUT2D eigenvalue weighted by atomic mass is 19.4. The van der Waals surface area contributed by atoms with E-state index in [1.165, 1.54) is 27.7 Å². The second-order valence-corrected chi connectivity index (χ2v) is 12.9. The van der Waals surface area contributed by atoms with Crippen molar-refractivity contribution < 1.29 is 40.3 Å². The molecule has 2 saturated heterocycles. The molecule has 3 atom stereocenters. The first-order valence-corrected chi connectivity index (χ1v) is 16.1. The number of nitrogens with zero attached hydrogens (tertiary/aromatic N) is 7. The summed E-state index contributed by atoms with van der Waals surface area (Å²) in [6, 6.07) is 0.693. The van der Waals surface area contributed by atoms with Crippen LogP contribution in [0.1, 0.15) is 79.8 Å². The van der Waals surface area contributed by atoms with E-state index >= 15 is 0 Å². The number of aromatic nitrogens is 6. The smallest absolute Gasteiger partial charge is 0.355 e. The van der Waals surface area contributed by atoms with Gasteiger partial charge in [-0.05, 0) is 38.2 Å². The zero-order valence-corrected chi connectivity index (χ0v) is 26.1. The number of halogens is 7. The van der Waals surface area contributed by atoms with Gasteiger partial charge >= 0.3 is 6.18 Å². The lowest BCUT2D eigenvalue weighted by Gasteiger charge is -2.34. The maximum absolute atomic E-state index is 14.1. The SMILES string of the molecule is CCn1nccc1C(=O)NC(c1cn2nc(CC3CC(C(F)(F)F)CNC3=O)c(N3CCC(F)(F)CC3)nc2n1)C1CCC(F)(F)CC1. The van der Waals surface area contributed by atoms with Gasteiger partial charge in [0.25, 0.3) is 17.6 Å². The van der Waals surface area contributed by atoms with Crippen molar-refractivity contribution in [3.05, 3.63) is 35.5 Å². The molecule has 2 aliphatic heterocycles. The van der Waals surface area contributed by atoms with E-state index in [1.54, 1.807) is 4.90 Å². The Morgan fingerprint density at radius 3 is 2.44 bits per heavy atom. The van der Waals surface area contributed by atoms with E-state index in [4.69, 9.17) is 0 Å². The van der Waals surface area contributed by atoms with Crippen LogP contribution in [0.3, 0.4) is 0 Å². The summed E-state index contributed by atoms with van der Waals surface area (Å²) in [4.78, 5) is 36.9. The largest absolute Gasteiger partial charge is 0.393 e. The van der Waals surface area contributed by atoms with Crippen LogP contribution in [0.4, 0.5) is 36.6 Å². The second kappa shape index (κ2) is 12.8. The number of anilines is 1. The number of imidazole rings is 1. The summed E-state index contributed by atoms with van der Waals surface area (Å²) in [5.41, 5.74) is 0.657. The third kappa shape index (κ3) is 7.21. The fourth-order valence-corrected chi connectivity index (χ4v) is 6.83. The van der Waals surface area contributed by atoms with Gasteiger partial charge in [0, 0.05) is 70.4 Å². The molecule has 11 nitrogen and oxygen atoms in total. The van der Waals surface area contributed by atoms with Crippen LogP contribution >= 0.6 is 0 Å². The van der Waals surface area contributed by atoms with E-state index in [0.29, 0.717) is 6.54 Å². The van der Waals surface area contributed by atoms with Crippen LogP contribution in [0.25, 0.3) is 5.78 Å². The van der Waals surface area contributed by atoms with Crippen LogP contribution in [0, 0.1) is 17.8 Å². The Balaban J connectivity index is 1.36. The van der Waals surface area contributed by atoms with Crippen molar-refractivity contribution in [1.82, 2.24) is 40.0 Å². The van der Waals surface area contributed by atoms with Gasteiger partial charge in [-0.2, -0.15) is 28.4 Å². The minimum atomic E-state index is -4.53. The number of amides is 2. The van der Waals surface area contributed by atoms with Gasteiger partial charge in [0.05, 0.1) is 23.9 Å². The monoisotopic (exact) mass is 687 g/mol. The van der Waals surface area contributed by atoms with E-state index in [1.807, 2.05) is 6.92 Å². The normalized spacial score (nSPS) is 24.0. The van der Waals surface area contributed by atoms with Crippen molar-refractivity contribution in [2.24, 2.45) is 17.8 Å². The minimum absolute atomic E-state index is 0.0151. The van der Waals surface area contributed by atoms with Gasteiger partial charge in [-0.15, -0.1) is 0 Å². The van der Waals surface area contributed by atoms with Gasteiger partial charge in [-0.3, -0.25) is 14.3 Å². The van der Waals surface area contributed by atoms with Crippen molar-refractivity contribution in [3.63, 3.8) is 0 Å². The molecule has 2 N–H and O–H groups in total. The number of carbonyl (C=O) groups is 2. The molecule has 18 heteroatoms. The molecule has 3 fully saturated rings. The Morgan fingerprint density at radius 2 is 1.77 bits per heavy atom. The molecule has 1 saturated carbocycles. The molecule has 6 rings (SSSR count). The summed E-state index contributed by atoms with van der Waals surface area (Å²) in [6.07, 6.45) is -3.84. The van der Waals surface area contributed by atoms with Crippen LogP contribution in [-0.2, 0) is 17.8 Å². The molecule has 3 aromatic rings. The molecule has 262 valence electrons. The highest BCUT2D eigenvalue weighted by Crippen LogP contribution is 2.42. The van der Waals surface area contributed by atoms with E-state index in [2.05, 4.69) is 30.8 Å². The highest BCUT2D eigenvalue weighted by Gasteiger charge is 2.45. The van der Waals surface area contributed by atoms with E-state index in [0.717, 1.165) is 0 Å². The zero-order chi connectivity index (χ0) is 34.4. The number of hydrogen-bond acceptors (Lipinski definition) is 7. The van der Waals surface area contributed by atoms with Gasteiger partial charge < -0.3 is 15.5 Å². The van der Waals surface area contributed by atoms with Gasteiger partial charge in [-0.25, -0.2) is 27.1 Å². The lowest BCUT2D eigenvalue weighted by Crippen LogP contribution is -2.47. The summed E-state index contributed by atoms with van der Waals surface area (Å²) in [6.45, 7) is 1.46. The number of piperidine rings is 2. The molecule has 0 radical (unpaired) electrons. The van der Waals surface area contributed by atoms with Crippen LogP contribution in [0.2, 0.25) is 0 Å². The number of hydrogen-bond donors (Lipinski definition) is 2. The maximum atomic E-state index is 14.1. The molecular formula is C30H36F7N9O2. The Morgan fingerprint density at radius 1 is 1.08 bits per heavy atom. The first-order chi connectivity index (χ1) is 22.6. The van der Waals surface area contributed by atoms with Gasteiger partial charge in [-0.1, -0.05) is 0 Å². The third-order valence-corrected chi connectivity index (χ3v) is 9.63. The molecule has 2 amide bonds. The standard InChI is InChI=1S/C30H36F7N9O2/c1-2-45-22(5-10-39-45)26(48)41-23(17-3-6-28(31,32)7-4-17)21-16-46-27(40-21)42-24(44-11-8-29(33,34)9-12-44)20(43-46)14-18-13-19(30(35,36)37)15-38-25(18)47/h5,10,16-19,23H,2-4,6-9,11-15H2,1H3,(H,38,47)(H,41,48). The number of aryl methyl sites for hydroxylation is 1. The Hall–Kier alpha value is -3.99.